The Labute approximate surface area is 168 Å². The van der Waals surface area contributed by atoms with E-state index in [9.17, 15) is 4.79 Å². The molecule has 1 atom stereocenters. The number of aromatic nitrogens is 3. The molecule has 1 amide bonds. The SMILES string of the molecule is C[C@H](COc1ccc(-c2cnc3ccc(Cl)nn23)cc1)NC(=O)OC(C)(C)C. The summed E-state index contributed by atoms with van der Waals surface area (Å²) >= 11 is 5.98. The van der Waals surface area contributed by atoms with E-state index in [1.54, 1.807) is 16.8 Å². The molecule has 0 radical (unpaired) electrons. The fraction of sp³-hybridized carbons (Fsp3) is 0.350. The highest BCUT2D eigenvalue weighted by molar-refractivity contribution is 6.29. The topological polar surface area (TPSA) is 77.8 Å². The van der Waals surface area contributed by atoms with Crippen LogP contribution in [0.4, 0.5) is 4.79 Å². The average molecular weight is 403 g/mol. The van der Waals surface area contributed by atoms with Crippen LogP contribution in [0.2, 0.25) is 5.15 Å². The molecule has 0 saturated heterocycles. The standard InChI is InChI=1S/C20H23ClN4O3/c1-13(23-19(26)28-20(2,3)4)12-27-15-7-5-14(6-8-15)16-11-22-18-10-9-17(21)24-25(16)18/h5-11,13H,12H2,1-4H3,(H,23,26)/t13-/m1/s1. The van der Waals surface area contributed by atoms with Gasteiger partial charge in [-0.1, -0.05) is 11.6 Å². The van der Waals surface area contributed by atoms with Gasteiger partial charge in [-0.05, 0) is 64.1 Å². The van der Waals surface area contributed by atoms with Gasteiger partial charge in [-0.25, -0.2) is 14.3 Å². The third-order valence-corrected chi connectivity index (χ3v) is 3.94. The van der Waals surface area contributed by atoms with Gasteiger partial charge in [0.1, 0.15) is 23.1 Å². The van der Waals surface area contributed by atoms with Crippen molar-refractivity contribution in [1.29, 1.82) is 0 Å². The van der Waals surface area contributed by atoms with E-state index in [2.05, 4.69) is 15.4 Å². The van der Waals surface area contributed by atoms with Crippen molar-refractivity contribution in [2.75, 3.05) is 6.61 Å². The van der Waals surface area contributed by atoms with Crippen LogP contribution in [-0.2, 0) is 4.74 Å². The number of amides is 1. The Bertz CT molecular complexity index is 964. The molecule has 7 nitrogen and oxygen atoms in total. The van der Waals surface area contributed by atoms with Crippen molar-refractivity contribution in [1.82, 2.24) is 19.9 Å². The van der Waals surface area contributed by atoms with Crippen LogP contribution in [0, 0.1) is 0 Å². The van der Waals surface area contributed by atoms with Gasteiger partial charge >= 0.3 is 6.09 Å². The Balaban J connectivity index is 1.60. The Morgan fingerprint density at radius 2 is 1.93 bits per heavy atom. The van der Waals surface area contributed by atoms with Crippen LogP contribution in [0.1, 0.15) is 27.7 Å². The van der Waals surface area contributed by atoms with Crippen LogP contribution in [0.15, 0.2) is 42.6 Å². The van der Waals surface area contributed by atoms with Crippen LogP contribution >= 0.6 is 11.6 Å². The molecule has 2 aromatic heterocycles. The first-order valence-corrected chi connectivity index (χ1v) is 9.32. The van der Waals surface area contributed by atoms with Gasteiger partial charge in [0, 0.05) is 5.56 Å². The molecule has 0 fully saturated rings. The molecule has 3 rings (SSSR count). The fourth-order valence-corrected chi connectivity index (χ4v) is 2.68. The van der Waals surface area contributed by atoms with Gasteiger partial charge in [0.15, 0.2) is 5.65 Å². The number of fused-ring (bicyclic) bond motifs is 1. The lowest BCUT2D eigenvalue weighted by Crippen LogP contribution is -2.40. The van der Waals surface area contributed by atoms with Crippen molar-refractivity contribution in [3.8, 4) is 17.0 Å². The summed E-state index contributed by atoms with van der Waals surface area (Å²) in [6.07, 6.45) is 1.29. The predicted molar refractivity (Wildman–Crippen MR) is 108 cm³/mol. The minimum Gasteiger partial charge on any atom is -0.491 e. The molecule has 1 aromatic carbocycles. The van der Waals surface area contributed by atoms with Gasteiger partial charge in [-0.2, -0.15) is 5.10 Å². The van der Waals surface area contributed by atoms with Crippen molar-refractivity contribution in [2.45, 2.75) is 39.3 Å². The summed E-state index contributed by atoms with van der Waals surface area (Å²) in [4.78, 5) is 16.1. The lowest BCUT2D eigenvalue weighted by molar-refractivity contribution is 0.0494. The summed E-state index contributed by atoms with van der Waals surface area (Å²) < 4.78 is 12.7. The number of hydrogen-bond acceptors (Lipinski definition) is 5. The highest BCUT2D eigenvalue weighted by Crippen LogP contribution is 2.23. The Morgan fingerprint density at radius 1 is 1.21 bits per heavy atom. The number of hydrogen-bond donors (Lipinski definition) is 1. The summed E-state index contributed by atoms with van der Waals surface area (Å²) in [6.45, 7) is 7.64. The minimum atomic E-state index is -0.530. The lowest BCUT2D eigenvalue weighted by atomic mass is 10.1. The molecule has 1 N–H and O–H groups in total. The number of imidazole rings is 1. The molecular formula is C20H23ClN4O3. The Kier molecular flexibility index (Phi) is 5.74. The lowest BCUT2D eigenvalue weighted by Gasteiger charge is -2.22. The van der Waals surface area contributed by atoms with Crippen molar-refractivity contribution in [3.63, 3.8) is 0 Å². The number of carbonyl (C=O) groups excluding carboxylic acids is 1. The summed E-state index contributed by atoms with van der Waals surface area (Å²) in [6, 6.07) is 10.9. The molecular weight excluding hydrogens is 380 g/mol. The maximum absolute atomic E-state index is 11.8. The summed E-state index contributed by atoms with van der Waals surface area (Å²) in [7, 11) is 0. The Morgan fingerprint density at radius 3 is 2.61 bits per heavy atom. The number of nitrogens with one attached hydrogen (secondary N) is 1. The smallest absolute Gasteiger partial charge is 0.407 e. The maximum atomic E-state index is 11.8. The van der Waals surface area contributed by atoms with E-state index < -0.39 is 11.7 Å². The average Bonchev–Trinajstić information content (AvgIpc) is 3.01. The normalized spacial score (nSPS) is 12.6. The molecule has 0 aliphatic carbocycles. The summed E-state index contributed by atoms with van der Waals surface area (Å²) in [5, 5.41) is 7.43. The van der Waals surface area contributed by atoms with Crippen LogP contribution in [-0.4, -0.2) is 38.9 Å². The van der Waals surface area contributed by atoms with Gasteiger partial charge in [-0.3, -0.25) is 0 Å². The zero-order chi connectivity index (χ0) is 20.3. The van der Waals surface area contributed by atoms with Gasteiger partial charge in [0.05, 0.1) is 17.9 Å². The second-order valence-electron chi connectivity index (χ2n) is 7.45. The molecule has 2 heterocycles. The zero-order valence-electron chi connectivity index (χ0n) is 16.3. The van der Waals surface area contributed by atoms with Gasteiger partial charge in [0.2, 0.25) is 0 Å². The first-order valence-electron chi connectivity index (χ1n) is 8.94. The quantitative estimate of drug-likeness (QED) is 0.686. The van der Waals surface area contributed by atoms with Gasteiger partial charge in [0.25, 0.3) is 0 Å². The van der Waals surface area contributed by atoms with Crippen molar-refractivity contribution < 1.29 is 14.3 Å². The van der Waals surface area contributed by atoms with Crippen LogP contribution in [0.25, 0.3) is 16.9 Å². The van der Waals surface area contributed by atoms with E-state index in [-0.39, 0.29) is 6.04 Å². The van der Waals surface area contributed by atoms with Gasteiger partial charge in [-0.15, -0.1) is 0 Å². The monoisotopic (exact) mass is 402 g/mol. The molecule has 0 unspecified atom stereocenters. The molecule has 8 heteroatoms. The fourth-order valence-electron chi connectivity index (χ4n) is 2.54. The number of rotatable bonds is 5. The molecule has 0 aliphatic rings. The van der Waals surface area contributed by atoms with Crippen LogP contribution in [0.5, 0.6) is 5.75 Å². The molecule has 3 aromatic rings. The largest absolute Gasteiger partial charge is 0.491 e. The van der Waals surface area contributed by atoms with Crippen molar-refractivity contribution in [3.05, 3.63) is 47.7 Å². The number of carbonyl (C=O) groups is 1. The first kappa shape index (κ1) is 19.9. The van der Waals surface area contributed by atoms with Gasteiger partial charge < -0.3 is 14.8 Å². The predicted octanol–water partition coefficient (Wildman–Crippen LogP) is 4.34. The summed E-state index contributed by atoms with van der Waals surface area (Å²) in [5.41, 5.74) is 1.97. The molecule has 28 heavy (non-hydrogen) atoms. The van der Waals surface area contributed by atoms with E-state index >= 15 is 0 Å². The van der Waals surface area contributed by atoms with E-state index in [1.165, 1.54) is 0 Å². The van der Waals surface area contributed by atoms with E-state index in [4.69, 9.17) is 21.1 Å². The highest BCUT2D eigenvalue weighted by Gasteiger charge is 2.18. The minimum absolute atomic E-state index is 0.195. The maximum Gasteiger partial charge on any atom is 0.407 e. The van der Waals surface area contributed by atoms with Crippen LogP contribution < -0.4 is 10.1 Å². The molecule has 148 valence electrons. The number of alkyl carbamates (subject to hydrolysis) is 1. The molecule has 0 aliphatic heterocycles. The number of nitrogens with zero attached hydrogens (tertiary/aromatic N) is 3. The third-order valence-electron chi connectivity index (χ3n) is 3.74. The van der Waals surface area contributed by atoms with Crippen LogP contribution in [0.3, 0.4) is 0 Å². The molecule has 0 bridgehead atoms. The second-order valence-corrected chi connectivity index (χ2v) is 7.84. The second kappa shape index (κ2) is 8.06. The summed E-state index contributed by atoms with van der Waals surface area (Å²) in [5.74, 6) is 0.696. The molecule has 0 spiro atoms. The van der Waals surface area contributed by atoms with E-state index in [0.717, 1.165) is 16.9 Å². The number of benzene rings is 1. The number of ether oxygens (including phenoxy) is 2. The number of halogens is 1. The molecule has 0 saturated carbocycles. The van der Waals surface area contributed by atoms with Crippen molar-refractivity contribution in [2.24, 2.45) is 0 Å². The zero-order valence-corrected chi connectivity index (χ0v) is 17.0. The van der Waals surface area contributed by atoms with Crippen molar-refractivity contribution >= 4 is 23.3 Å². The highest BCUT2D eigenvalue weighted by atomic mass is 35.5. The first-order chi connectivity index (χ1) is 13.2. The Hall–Kier alpha value is -2.80. The van der Waals surface area contributed by atoms with E-state index in [1.807, 2.05) is 58.0 Å². The third kappa shape index (κ3) is 5.13. The van der Waals surface area contributed by atoms with E-state index in [0.29, 0.717) is 17.5 Å².